The van der Waals surface area contributed by atoms with Crippen molar-refractivity contribution in [3.63, 3.8) is 0 Å². The van der Waals surface area contributed by atoms with Crippen molar-refractivity contribution < 1.29 is 0 Å². The minimum atomic E-state index is 0.247. The van der Waals surface area contributed by atoms with Gasteiger partial charge in [-0.1, -0.05) is 26.0 Å². The largest absolute Gasteiger partial charge is 0.355 e. The van der Waals surface area contributed by atoms with E-state index in [9.17, 15) is 0 Å². The molecule has 112 valence electrons. The summed E-state index contributed by atoms with van der Waals surface area (Å²) >= 11 is 7.23. The summed E-state index contributed by atoms with van der Waals surface area (Å²) in [5.74, 6) is 0.475. The molecule has 0 aliphatic rings. The Morgan fingerprint density at radius 2 is 1.90 bits per heavy atom. The lowest BCUT2D eigenvalue weighted by atomic mass is 10.0. The van der Waals surface area contributed by atoms with Gasteiger partial charge in [-0.2, -0.15) is 0 Å². The first-order valence-corrected chi connectivity index (χ1v) is 8.44. The summed E-state index contributed by atoms with van der Waals surface area (Å²) in [5.41, 5.74) is 3.59. The summed E-state index contributed by atoms with van der Waals surface area (Å²) in [6, 6.07) is 10.8. The summed E-state index contributed by atoms with van der Waals surface area (Å²) < 4.78 is 0. The number of nitrogens with one attached hydrogen (secondary N) is 2. The maximum absolute atomic E-state index is 5.46. The van der Waals surface area contributed by atoms with Gasteiger partial charge in [-0.3, -0.25) is 0 Å². The monoisotopic (exact) mass is 318 g/mol. The summed E-state index contributed by atoms with van der Waals surface area (Å²) in [6.45, 7) is 8.63. The van der Waals surface area contributed by atoms with Crippen molar-refractivity contribution in [1.82, 2.24) is 5.32 Å². The van der Waals surface area contributed by atoms with Gasteiger partial charge in [0.1, 0.15) is 0 Å². The molecular weight excluding hydrogens is 296 g/mol. The topological polar surface area (TPSA) is 24.1 Å². The number of hydrogen-bond acceptors (Lipinski definition) is 2. The van der Waals surface area contributed by atoms with Crippen molar-refractivity contribution in [3.05, 3.63) is 51.7 Å². The van der Waals surface area contributed by atoms with Gasteiger partial charge in [0.05, 0.1) is 6.04 Å². The molecule has 2 rings (SSSR count). The third-order valence-corrected chi connectivity index (χ3v) is 4.74. The summed E-state index contributed by atoms with van der Waals surface area (Å²) in [7, 11) is 0. The van der Waals surface area contributed by atoms with Gasteiger partial charge in [0.15, 0.2) is 5.11 Å². The number of rotatable bonds is 4. The van der Waals surface area contributed by atoms with E-state index in [1.54, 1.807) is 11.3 Å². The van der Waals surface area contributed by atoms with Gasteiger partial charge in [0, 0.05) is 10.6 Å². The predicted molar refractivity (Wildman–Crippen MR) is 97.2 cm³/mol. The van der Waals surface area contributed by atoms with E-state index in [1.165, 1.54) is 16.0 Å². The molecule has 0 aliphatic carbocycles. The average molecular weight is 319 g/mol. The fraction of sp³-hybridized carbons (Fsp3) is 0.353. The SMILES string of the molecule is Cc1ccc(NC(=S)N[C@H](c2cccs2)C(C)C)cc1C. The molecule has 0 fully saturated rings. The van der Waals surface area contributed by atoms with Crippen LogP contribution in [0.4, 0.5) is 5.69 Å². The maximum Gasteiger partial charge on any atom is 0.171 e. The van der Waals surface area contributed by atoms with Crippen LogP contribution in [-0.4, -0.2) is 5.11 Å². The lowest BCUT2D eigenvalue weighted by Crippen LogP contribution is -2.34. The van der Waals surface area contributed by atoms with Crippen molar-refractivity contribution in [2.24, 2.45) is 5.92 Å². The van der Waals surface area contributed by atoms with E-state index in [1.807, 2.05) is 0 Å². The fourth-order valence-corrected chi connectivity index (χ4v) is 3.36. The maximum atomic E-state index is 5.46. The standard InChI is InChI=1S/C17H22N2S2/c1-11(2)16(15-6-5-9-21-15)19-17(20)18-14-8-7-12(3)13(4)10-14/h5-11,16H,1-4H3,(H2,18,19,20)/t16-/m0/s1. The Hall–Kier alpha value is -1.39. The summed E-state index contributed by atoms with van der Waals surface area (Å²) in [6.07, 6.45) is 0. The molecule has 0 saturated carbocycles. The zero-order valence-corrected chi connectivity index (χ0v) is 14.6. The number of benzene rings is 1. The highest BCUT2D eigenvalue weighted by molar-refractivity contribution is 7.80. The van der Waals surface area contributed by atoms with E-state index in [0.717, 1.165) is 5.69 Å². The molecule has 0 spiro atoms. The van der Waals surface area contributed by atoms with Crippen molar-refractivity contribution in [2.75, 3.05) is 5.32 Å². The molecule has 0 unspecified atom stereocenters. The van der Waals surface area contributed by atoms with Crippen LogP contribution in [0, 0.1) is 19.8 Å². The highest BCUT2D eigenvalue weighted by Gasteiger charge is 2.17. The molecule has 0 amide bonds. The minimum absolute atomic E-state index is 0.247. The number of thiocarbonyl (C=S) groups is 1. The molecule has 4 heteroatoms. The quantitative estimate of drug-likeness (QED) is 0.772. The zero-order chi connectivity index (χ0) is 15.4. The Labute approximate surface area is 136 Å². The average Bonchev–Trinajstić information content (AvgIpc) is 2.93. The van der Waals surface area contributed by atoms with Crippen LogP contribution < -0.4 is 10.6 Å². The van der Waals surface area contributed by atoms with E-state index in [4.69, 9.17) is 12.2 Å². The first kappa shape index (κ1) is 16.0. The second kappa shape index (κ2) is 7.05. The van der Waals surface area contributed by atoms with E-state index >= 15 is 0 Å². The van der Waals surface area contributed by atoms with Crippen LogP contribution in [-0.2, 0) is 0 Å². The Bertz CT molecular complexity index is 603. The third-order valence-electron chi connectivity index (χ3n) is 3.57. The van der Waals surface area contributed by atoms with Gasteiger partial charge in [0.25, 0.3) is 0 Å². The molecule has 0 aliphatic heterocycles. The van der Waals surface area contributed by atoms with Gasteiger partial charge < -0.3 is 10.6 Å². The highest BCUT2D eigenvalue weighted by Crippen LogP contribution is 2.26. The first-order chi connectivity index (χ1) is 9.97. The van der Waals surface area contributed by atoms with E-state index in [2.05, 4.69) is 74.0 Å². The molecule has 0 saturated heterocycles. The number of hydrogen-bond donors (Lipinski definition) is 2. The van der Waals surface area contributed by atoms with E-state index in [-0.39, 0.29) is 6.04 Å². The third kappa shape index (κ3) is 4.29. The van der Waals surface area contributed by atoms with Crippen LogP contribution in [0.15, 0.2) is 35.7 Å². The van der Waals surface area contributed by atoms with Crippen molar-refractivity contribution in [3.8, 4) is 0 Å². The van der Waals surface area contributed by atoms with Gasteiger partial charge in [-0.15, -0.1) is 11.3 Å². The fourth-order valence-electron chi connectivity index (χ4n) is 2.16. The smallest absolute Gasteiger partial charge is 0.171 e. The lowest BCUT2D eigenvalue weighted by molar-refractivity contribution is 0.480. The summed E-state index contributed by atoms with van der Waals surface area (Å²) in [5, 5.41) is 9.49. The number of aryl methyl sites for hydroxylation is 2. The second-order valence-corrected chi connectivity index (χ2v) is 7.02. The van der Waals surface area contributed by atoms with Crippen LogP contribution in [0.1, 0.15) is 35.9 Å². The van der Waals surface area contributed by atoms with Gasteiger partial charge >= 0.3 is 0 Å². The van der Waals surface area contributed by atoms with E-state index in [0.29, 0.717) is 11.0 Å². The van der Waals surface area contributed by atoms with Gasteiger partial charge in [-0.25, -0.2) is 0 Å². The van der Waals surface area contributed by atoms with Crippen LogP contribution in [0.25, 0.3) is 0 Å². The molecule has 2 aromatic rings. The van der Waals surface area contributed by atoms with Gasteiger partial charge in [-0.05, 0) is 66.7 Å². The van der Waals surface area contributed by atoms with Crippen molar-refractivity contribution >= 4 is 34.4 Å². The Balaban J connectivity index is 2.04. The molecule has 21 heavy (non-hydrogen) atoms. The second-order valence-electron chi connectivity index (χ2n) is 5.63. The normalized spacial score (nSPS) is 12.2. The predicted octanol–water partition coefficient (Wildman–Crippen LogP) is 5.05. The molecule has 0 bridgehead atoms. The molecule has 2 nitrogen and oxygen atoms in total. The molecular formula is C17H22N2S2. The van der Waals surface area contributed by atoms with E-state index < -0.39 is 0 Å². The van der Waals surface area contributed by atoms with Crippen LogP contribution in [0.2, 0.25) is 0 Å². The Morgan fingerprint density at radius 3 is 2.48 bits per heavy atom. The molecule has 1 aromatic carbocycles. The minimum Gasteiger partial charge on any atom is -0.355 e. The molecule has 1 aromatic heterocycles. The highest BCUT2D eigenvalue weighted by atomic mass is 32.1. The first-order valence-electron chi connectivity index (χ1n) is 7.15. The number of anilines is 1. The Kier molecular flexibility index (Phi) is 5.37. The van der Waals surface area contributed by atoms with Crippen LogP contribution in [0.5, 0.6) is 0 Å². The molecule has 1 atom stereocenters. The van der Waals surface area contributed by atoms with Crippen LogP contribution >= 0.6 is 23.6 Å². The number of thiophene rings is 1. The summed E-state index contributed by atoms with van der Waals surface area (Å²) in [4.78, 5) is 1.31. The van der Waals surface area contributed by atoms with Crippen LogP contribution in [0.3, 0.4) is 0 Å². The Morgan fingerprint density at radius 1 is 1.14 bits per heavy atom. The zero-order valence-electron chi connectivity index (χ0n) is 12.9. The van der Waals surface area contributed by atoms with Crippen molar-refractivity contribution in [2.45, 2.75) is 33.7 Å². The lowest BCUT2D eigenvalue weighted by Gasteiger charge is -2.23. The molecule has 0 radical (unpaired) electrons. The molecule has 2 N–H and O–H groups in total. The van der Waals surface area contributed by atoms with Gasteiger partial charge in [0.2, 0.25) is 0 Å². The van der Waals surface area contributed by atoms with Crippen molar-refractivity contribution in [1.29, 1.82) is 0 Å². The molecule has 1 heterocycles.